The maximum absolute atomic E-state index is 12.8. The highest BCUT2D eigenvalue weighted by Gasteiger charge is 2.57. The molecule has 62 heavy (non-hydrogen) atoms. The molecular weight excluding hydrogens is 798 g/mol. The molecule has 0 aromatic heterocycles. The number of para-hydroxylation sites is 2. The number of carbonyl (C=O) groups is 5. The minimum atomic E-state index is -2.01. The average molecular weight is 867 g/mol. The van der Waals surface area contributed by atoms with Crippen LogP contribution in [0.4, 0.5) is 0 Å². The van der Waals surface area contributed by atoms with Gasteiger partial charge in [0.15, 0.2) is 6.10 Å². The van der Waals surface area contributed by atoms with E-state index in [0.717, 1.165) is 36.5 Å². The van der Waals surface area contributed by atoms with Crippen LogP contribution in [0.25, 0.3) is 0 Å². The van der Waals surface area contributed by atoms with E-state index in [4.69, 9.17) is 42.2 Å². The van der Waals surface area contributed by atoms with Crippen LogP contribution in [0, 0.1) is 17.9 Å². The fraction of sp³-hybridized carbons (Fsp3) is 0.609. The molecule has 5 rings (SSSR count). The van der Waals surface area contributed by atoms with Gasteiger partial charge >= 0.3 is 37.8 Å². The van der Waals surface area contributed by atoms with E-state index in [1.54, 1.807) is 18.2 Å². The van der Waals surface area contributed by atoms with Crippen molar-refractivity contribution in [2.45, 2.75) is 145 Å². The first kappa shape index (κ1) is 51.8. The largest absolute Gasteiger partial charge is 0.667 e. The zero-order chi connectivity index (χ0) is 44.5. The van der Waals surface area contributed by atoms with Crippen molar-refractivity contribution in [3.8, 4) is 11.5 Å². The molecule has 0 radical (unpaired) electrons. The van der Waals surface area contributed by atoms with Crippen LogP contribution in [-0.2, 0) is 60.1 Å². The van der Waals surface area contributed by atoms with Gasteiger partial charge in [0.1, 0.15) is 23.5 Å². The summed E-state index contributed by atoms with van der Waals surface area (Å²) in [5, 5.41) is 0. The van der Waals surface area contributed by atoms with Crippen LogP contribution in [0.3, 0.4) is 0 Å². The van der Waals surface area contributed by atoms with Crippen LogP contribution in [0.15, 0.2) is 36.4 Å². The molecule has 0 amide bonds. The number of carbonyl (C=O) groups excluding carboxylic acids is 5. The molecule has 2 aromatic rings. The van der Waals surface area contributed by atoms with Crippen molar-refractivity contribution in [3.05, 3.63) is 64.8 Å². The number of ether oxygens (including phenoxy) is 4. The first-order valence-electron chi connectivity index (χ1n) is 22.1. The van der Waals surface area contributed by atoms with Crippen LogP contribution in [0.1, 0.15) is 152 Å². The van der Waals surface area contributed by atoms with E-state index in [1.807, 2.05) is 66.7 Å². The predicted octanol–water partition coefficient (Wildman–Crippen LogP) is 9.43. The third kappa shape index (κ3) is 13.2. The normalized spacial score (nSPS) is 18.4. The minimum Gasteiger partial charge on any atom is -0.667 e. The molecule has 342 valence electrons. The lowest BCUT2D eigenvalue weighted by Gasteiger charge is -2.43. The van der Waals surface area contributed by atoms with Crippen molar-refractivity contribution in [2.24, 2.45) is 11.8 Å². The number of hydrogen-bond acceptors (Lipinski definition) is 14. The number of fused-ring (bicyclic) bond motifs is 3. The van der Waals surface area contributed by atoms with E-state index in [1.165, 1.54) is 0 Å². The summed E-state index contributed by atoms with van der Waals surface area (Å²) in [5.41, 5.74) is 2.27. The summed E-state index contributed by atoms with van der Waals surface area (Å²) >= 11 is 0. The van der Waals surface area contributed by atoms with Crippen molar-refractivity contribution in [1.82, 2.24) is 0 Å². The highest BCUT2D eigenvalue weighted by molar-refractivity contribution is 6.64. The molecule has 3 aliphatic rings. The lowest BCUT2D eigenvalue weighted by molar-refractivity contribution is -0.158. The van der Waals surface area contributed by atoms with Crippen molar-refractivity contribution >= 4 is 43.5 Å². The second kappa shape index (κ2) is 25.5. The Labute approximate surface area is 368 Å². The van der Waals surface area contributed by atoms with Gasteiger partial charge in [-0.1, -0.05) is 73.2 Å². The van der Waals surface area contributed by atoms with Crippen LogP contribution in [0.2, 0.25) is 11.6 Å². The van der Waals surface area contributed by atoms with Gasteiger partial charge in [-0.05, 0) is 87.9 Å². The molecule has 0 saturated carbocycles. The Morgan fingerprint density at radius 2 is 1.31 bits per heavy atom. The average Bonchev–Trinajstić information content (AvgIpc) is 3.63. The number of benzene rings is 2. The molecule has 0 bridgehead atoms. The fourth-order valence-electron chi connectivity index (χ4n) is 7.85. The Hall–Kier alpha value is -4.53. The van der Waals surface area contributed by atoms with Crippen LogP contribution in [-0.4, -0.2) is 70.3 Å². The molecule has 3 aliphatic heterocycles. The third-order valence-electron chi connectivity index (χ3n) is 11.5. The van der Waals surface area contributed by atoms with E-state index in [2.05, 4.69) is 6.92 Å². The van der Waals surface area contributed by atoms with E-state index in [0.29, 0.717) is 76.1 Å². The van der Waals surface area contributed by atoms with Crippen LogP contribution < -0.4 is 9.31 Å². The molecule has 1 saturated heterocycles. The van der Waals surface area contributed by atoms with Gasteiger partial charge in [0.25, 0.3) is 0 Å². The highest BCUT2D eigenvalue weighted by atomic mass is 16.8. The number of Topliss-reactive ketones (excluding diaryl/α,β-unsaturated/α-hetero) is 1. The Morgan fingerprint density at radius 3 is 1.81 bits per heavy atom. The molecule has 3 atom stereocenters. The zero-order valence-electron chi connectivity index (χ0n) is 37.3. The number of rotatable bonds is 21. The van der Waals surface area contributed by atoms with Crippen LogP contribution >= 0.6 is 0 Å². The fourth-order valence-corrected chi connectivity index (χ4v) is 7.85. The number of ketones is 1. The Morgan fingerprint density at radius 1 is 0.758 bits per heavy atom. The summed E-state index contributed by atoms with van der Waals surface area (Å²) in [6, 6.07) is 10.6. The van der Waals surface area contributed by atoms with Crippen molar-refractivity contribution in [2.75, 3.05) is 26.8 Å². The molecule has 2 aromatic carbocycles. The SMILES string of the molecule is C.CCCO[B-]12Oc3c(cccc3C(=O)OCOC(=O)C(CC)CC)C[C@@H]1C[C+](CC)O2.CCOB1Oc2c(cccc2C(=O)OCOC(=O)C(CC)CC)C[C@@H]1CC(=O)CC. The van der Waals surface area contributed by atoms with Crippen molar-refractivity contribution in [1.29, 1.82) is 0 Å². The lowest BCUT2D eigenvalue weighted by atomic mass is 9.59. The highest BCUT2D eigenvalue weighted by Crippen LogP contribution is 2.51. The molecule has 1 fully saturated rings. The summed E-state index contributed by atoms with van der Waals surface area (Å²) in [6.07, 6.45) is 8.19. The van der Waals surface area contributed by atoms with Crippen molar-refractivity contribution < 1.29 is 66.2 Å². The Kier molecular flexibility index (Phi) is 21.4. The minimum absolute atomic E-state index is 0. The molecular formula is C46H68B2O14. The molecule has 16 heteroatoms. The van der Waals surface area contributed by atoms with Gasteiger partial charge in [-0.25, -0.2) is 9.59 Å². The summed E-state index contributed by atoms with van der Waals surface area (Å²) in [7, 11) is -0.611. The van der Waals surface area contributed by atoms with Gasteiger partial charge in [-0.2, -0.15) is 0 Å². The Balaban J connectivity index is 0.000000325. The van der Waals surface area contributed by atoms with Gasteiger partial charge in [-0.3, -0.25) is 14.4 Å². The third-order valence-corrected chi connectivity index (χ3v) is 11.5. The lowest BCUT2D eigenvalue weighted by Crippen LogP contribution is -2.52. The monoisotopic (exact) mass is 866 g/mol. The summed E-state index contributed by atoms with van der Waals surface area (Å²) < 4.78 is 50.9. The second-order valence-electron chi connectivity index (χ2n) is 15.5. The van der Waals surface area contributed by atoms with Crippen LogP contribution in [0.5, 0.6) is 11.5 Å². The summed E-state index contributed by atoms with van der Waals surface area (Å²) in [5.74, 6) is -1.42. The predicted molar refractivity (Wildman–Crippen MR) is 235 cm³/mol. The quantitative estimate of drug-likeness (QED) is 0.0503. The molecule has 0 N–H and O–H groups in total. The first-order valence-corrected chi connectivity index (χ1v) is 22.1. The second-order valence-corrected chi connectivity index (χ2v) is 15.5. The van der Waals surface area contributed by atoms with Gasteiger partial charge < -0.3 is 42.2 Å². The van der Waals surface area contributed by atoms with Gasteiger partial charge in [0.05, 0.1) is 29.6 Å². The van der Waals surface area contributed by atoms with Gasteiger partial charge in [0, 0.05) is 31.9 Å². The van der Waals surface area contributed by atoms with Gasteiger partial charge in [0.2, 0.25) is 13.6 Å². The summed E-state index contributed by atoms with van der Waals surface area (Å²) in [4.78, 5) is 61.3. The zero-order valence-corrected chi connectivity index (χ0v) is 37.3. The molecule has 14 nitrogen and oxygen atoms in total. The van der Waals surface area contributed by atoms with E-state index in [-0.39, 0.29) is 59.7 Å². The first-order chi connectivity index (χ1) is 29.4. The molecule has 0 aliphatic carbocycles. The summed E-state index contributed by atoms with van der Waals surface area (Å²) in [6.45, 7) is 13.5. The van der Waals surface area contributed by atoms with Gasteiger partial charge in [-0.15, -0.1) is 0 Å². The molecule has 1 unspecified atom stereocenters. The standard InChI is InChI=1S/C23H33BO7.C22H31BO7.CH4/c1-5-12-29-24-18(14-19(8-4)30-24)13-17-10-9-11-20(21(17)31-24)23(26)28-15-27-22(25)16(6-2)7-3;1-5-15(6-2)21(25)27-14-28-22(26)19-11-9-10-16-12-17(13-18(24)7-3)23(29-8-4)30-20(16)19;/h9-11,16,18H,5-8,12-15H2,1-4H3;9-11,15,17H,5-8,12-14H2,1-4H3;1H4/t18-,24?;17-;/m11./s1. The maximum Gasteiger partial charge on any atom is 0.529 e. The van der Waals surface area contributed by atoms with E-state index < -0.39 is 39.4 Å². The van der Waals surface area contributed by atoms with Crippen molar-refractivity contribution in [3.63, 3.8) is 0 Å². The molecule has 3 heterocycles. The number of esters is 4. The topological polar surface area (TPSA) is 168 Å². The Bertz CT molecular complexity index is 1780. The molecule has 0 spiro atoms. The smallest absolute Gasteiger partial charge is 0.529 e. The van der Waals surface area contributed by atoms with E-state index in [9.17, 15) is 24.0 Å². The maximum atomic E-state index is 12.8. The van der Waals surface area contributed by atoms with E-state index >= 15 is 0 Å². The number of hydrogen-bond donors (Lipinski definition) is 0.